The monoisotopic (exact) mass is 251 g/mol. The van der Waals surface area contributed by atoms with Gasteiger partial charge in [0.25, 0.3) is 0 Å². The maximum absolute atomic E-state index is 10.2. The Hall–Kier alpha value is -1.39. The predicted molar refractivity (Wildman–Crippen MR) is 65.9 cm³/mol. The molecule has 0 amide bonds. The predicted octanol–water partition coefficient (Wildman–Crippen LogP) is 2.05. The first-order valence-electron chi connectivity index (χ1n) is 5.35. The molecular weight excluding hydrogens is 238 g/mol. The van der Waals surface area contributed by atoms with E-state index in [-0.39, 0.29) is 0 Å². The minimum atomic E-state index is -0.662. The van der Waals surface area contributed by atoms with Crippen molar-refractivity contribution in [3.05, 3.63) is 46.5 Å². The van der Waals surface area contributed by atoms with Gasteiger partial charge in [-0.3, -0.25) is 4.68 Å². The van der Waals surface area contributed by atoms with Crippen molar-refractivity contribution < 1.29 is 5.11 Å². The summed E-state index contributed by atoms with van der Waals surface area (Å²) in [4.78, 5) is 4.08. The highest BCUT2D eigenvalue weighted by Crippen LogP contribution is 2.27. The average molecular weight is 252 g/mol. The molecule has 1 unspecified atom stereocenters. The number of aliphatic hydroxyl groups excluding tert-OH is 1. The number of halogens is 1. The third-order valence-corrected chi connectivity index (χ3v) is 3.28. The average Bonchev–Trinajstić information content (AvgIpc) is 2.68. The van der Waals surface area contributed by atoms with Crippen LogP contribution in [0.15, 0.2) is 24.5 Å². The van der Waals surface area contributed by atoms with E-state index in [1.54, 1.807) is 11.7 Å². The number of aliphatic hydroxyl groups is 1. The molecule has 0 radical (unpaired) electrons. The Kier molecular flexibility index (Phi) is 3.45. The van der Waals surface area contributed by atoms with Crippen molar-refractivity contribution in [1.29, 1.82) is 0 Å². The Morgan fingerprint density at radius 1 is 1.47 bits per heavy atom. The van der Waals surface area contributed by atoms with E-state index >= 15 is 0 Å². The fourth-order valence-corrected chi connectivity index (χ4v) is 1.97. The van der Waals surface area contributed by atoms with Crippen molar-refractivity contribution in [2.75, 3.05) is 0 Å². The maximum Gasteiger partial charge on any atom is 0.138 e. The van der Waals surface area contributed by atoms with E-state index < -0.39 is 6.10 Å². The van der Waals surface area contributed by atoms with Gasteiger partial charge in [-0.2, -0.15) is 5.10 Å². The number of benzene rings is 1. The molecule has 90 valence electrons. The van der Waals surface area contributed by atoms with Gasteiger partial charge in [-0.25, -0.2) is 4.98 Å². The van der Waals surface area contributed by atoms with Crippen molar-refractivity contribution in [2.45, 2.75) is 19.4 Å². The van der Waals surface area contributed by atoms with Gasteiger partial charge in [-0.05, 0) is 18.1 Å². The molecule has 1 atom stereocenters. The van der Waals surface area contributed by atoms with Gasteiger partial charge in [-0.15, -0.1) is 0 Å². The molecule has 0 spiro atoms. The summed E-state index contributed by atoms with van der Waals surface area (Å²) in [5.41, 5.74) is 1.69. The van der Waals surface area contributed by atoms with Gasteiger partial charge in [0.05, 0.1) is 6.10 Å². The van der Waals surface area contributed by atoms with Crippen LogP contribution in [0.1, 0.15) is 23.1 Å². The molecule has 2 rings (SSSR count). The molecule has 4 nitrogen and oxygen atoms in total. The second-order valence-electron chi connectivity index (χ2n) is 4.00. The van der Waals surface area contributed by atoms with E-state index in [0.29, 0.717) is 11.4 Å². The molecule has 17 heavy (non-hydrogen) atoms. The van der Waals surface area contributed by atoms with Gasteiger partial charge >= 0.3 is 0 Å². The highest BCUT2D eigenvalue weighted by Gasteiger charge is 2.15. The lowest BCUT2D eigenvalue weighted by atomic mass is 10.0. The highest BCUT2D eigenvalue weighted by atomic mass is 35.5. The van der Waals surface area contributed by atoms with E-state index in [2.05, 4.69) is 10.1 Å². The topological polar surface area (TPSA) is 50.9 Å². The number of aromatic nitrogens is 3. The summed E-state index contributed by atoms with van der Waals surface area (Å²) < 4.78 is 1.65. The summed E-state index contributed by atoms with van der Waals surface area (Å²) >= 11 is 6.17. The van der Waals surface area contributed by atoms with Crippen LogP contribution >= 0.6 is 11.6 Å². The van der Waals surface area contributed by atoms with Crippen molar-refractivity contribution in [3.63, 3.8) is 0 Å². The first kappa shape index (κ1) is 12.1. The second kappa shape index (κ2) is 4.85. The van der Waals surface area contributed by atoms with Gasteiger partial charge in [0.15, 0.2) is 0 Å². The number of hydrogen-bond acceptors (Lipinski definition) is 3. The molecule has 5 heteroatoms. The zero-order chi connectivity index (χ0) is 12.4. The van der Waals surface area contributed by atoms with Crippen LogP contribution in [0.4, 0.5) is 0 Å². The lowest BCUT2D eigenvalue weighted by molar-refractivity contribution is 0.174. The Morgan fingerprint density at radius 2 is 2.24 bits per heavy atom. The van der Waals surface area contributed by atoms with Crippen LogP contribution in [0.25, 0.3) is 0 Å². The normalized spacial score (nSPS) is 12.7. The summed E-state index contributed by atoms with van der Waals surface area (Å²) in [7, 11) is 1.80. The van der Waals surface area contributed by atoms with Crippen LogP contribution in [-0.2, 0) is 13.5 Å². The van der Waals surface area contributed by atoms with Crippen LogP contribution < -0.4 is 0 Å². The summed E-state index contributed by atoms with van der Waals surface area (Å²) in [6.07, 6.45) is 1.21. The SMILES string of the molecule is Cc1cccc(C(O)Cc2ncnn2C)c1Cl. The number of aryl methyl sites for hydroxylation is 2. The van der Waals surface area contributed by atoms with Crippen molar-refractivity contribution in [1.82, 2.24) is 14.8 Å². The van der Waals surface area contributed by atoms with Crippen LogP contribution in [0, 0.1) is 6.92 Å². The lowest BCUT2D eigenvalue weighted by Gasteiger charge is -2.13. The third kappa shape index (κ3) is 2.48. The van der Waals surface area contributed by atoms with Crippen LogP contribution in [0.3, 0.4) is 0 Å². The molecule has 0 fully saturated rings. The van der Waals surface area contributed by atoms with E-state index in [1.165, 1.54) is 6.33 Å². The summed E-state index contributed by atoms with van der Waals surface area (Å²) in [6.45, 7) is 1.92. The Morgan fingerprint density at radius 3 is 2.88 bits per heavy atom. The minimum Gasteiger partial charge on any atom is -0.388 e. The third-order valence-electron chi connectivity index (χ3n) is 2.76. The molecule has 1 aromatic carbocycles. The highest BCUT2D eigenvalue weighted by molar-refractivity contribution is 6.32. The molecule has 1 heterocycles. The fourth-order valence-electron chi connectivity index (χ4n) is 1.72. The van der Waals surface area contributed by atoms with E-state index in [0.717, 1.165) is 17.0 Å². The lowest BCUT2D eigenvalue weighted by Crippen LogP contribution is -2.08. The van der Waals surface area contributed by atoms with Gasteiger partial charge < -0.3 is 5.11 Å². The van der Waals surface area contributed by atoms with E-state index in [9.17, 15) is 5.11 Å². The summed E-state index contributed by atoms with van der Waals surface area (Å²) in [6, 6.07) is 5.63. The number of rotatable bonds is 3. The van der Waals surface area contributed by atoms with Gasteiger partial charge in [0.2, 0.25) is 0 Å². The van der Waals surface area contributed by atoms with Gasteiger partial charge in [0, 0.05) is 18.5 Å². The zero-order valence-electron chi connectivity index (χ0n) is 9.76. The van der Waals surface area contributed by atoms with Crippen LogP contribution in [-0.4, -0.2) is 19.9 Å². The molecule has 0 bridgehead atoms. The molecule has 1 N–H and O–H groups in total. The molecule has 0 aliphatic carbocycles. The summed E-state index contributed by atoms with van der Waals surface area (Å²) in [5, 5.41) is 14.7. The standard InChI is InChI=1S/C12H14ClN3O/c1-8-4-3-5-9(12(8)13)10(17)6-11-14-7-15-16(11)2/h3-5,7,10,17H,6H2,1-2H3. The second-order valence-corrected chi connectivity index (χ2v) is 4.38. The van der Waals surface area contributed by atoms with E-state index in [1.807, 2.05) is 25.1 Å². The first-order chi connectivity index (χ1) is 8.09. The molecule has 0 saturated carbocycles. The first-order valence-corrected chi connectivity index (χ1v) is 5.73. The fraction of sp³-hybridized carbons (Fsp3) is 0.333. The Bertz CT molecular complexity index is 524. The summed E-state index contributed by atoms with van der Waals surface area (Å²) in [5.74, 6) is 0.732. The van der Waals surface area contributed by atoms with Crippen molar-refractivity contribution >= 4 is 11.6 Å². The zero-order valence-corrected chi connectivity index (χ0v) is 10.5. The molecule has 1 aromatic heterocycles. The van der Waals surface area contributed by atoms with Crippen LogP contribution in [0.5, 0.6) is 0 Å². The van der Waals surface area contributed by atoms with Crippen molar-refractivity contribution in [3.8, 4) is 0 Å². The quantitative estimate of drug-likeness (QED) is 0.908. The van der Waals surface area contributed by atoms with Gasteiger partial charge in [0.1, 0.15) is 12.2 Å². The van der Waals surface area contributed by atoms with Crippen molar-refractivity contribution in [2.24, 2.45) is 7.05 Å². The number of hydrogen-bond donors (Lipinski definition) is 1. The van der Waals surface area contributed by atoms with Crippen LogP contribution in [0.2, 0.25) is 5.02 Å². The molecule has 2 aromatic rings. The number of nitrogens with zero attached hydrogens (tertiary/aromatic N) is 3. The molecule has 0 saturated heterocycles. The molecule has 0 aliphatic rings. The Balaban J connectivity index is 2.23. The van der Waals surface area contributed by atoms with E-state index in [4.69, 9.17) is 11.6 Å². The maximum atomic E-state index is 10.2. The smallest absolute Gasteiger partial charge is 0.138 e. The molecule has 0 aliphatic heterocycles. The Labute approximate surface area is 105 Å². The largest absolute Gasteiger partial charge is 0.388 e. The minimum absolute atomic E-state index is 0.402. The van der Waals surface area contributed by atoms with Gasteiger partial charge in [-0.1, -0.05) is 29.8 Å². The molecular formula is C12H14ClN3O.